The molecule has 1 heterocycles. The van der Waals surface area contributed by atoms with E-state index in [2.05, 4.69) is 6.58 Å². The summed E-state index contributed by atoms with van der Waals surface area (Å²) in [6.45, 7) is 6.29. The second-order valence-corrected chi connectivity index (χ2v) is 6.66. The second kappa shape index (κ2) is 11.1. The Morgan fingerprint density at radius 3 is 2.59 bits per heavy atom. The van der Waals surface area contributed by atoms with Gasteiger partial charge in [0.25, 0.3) is 0 Å². The Kier molecular flexibility index (Phi) is 8.48. The molecule has 0 bridgehead atoms. The third kappa shape index (κ3) is 5.96. The molecule has 2 rings (SSSR count). The number of urea groups is 1. The highest BCUT2D eigenvalue weighted by atomic mass is 19.1. The number of hydrogen-bond acceptors (Lipinski definition) is 4. The maximum Gasteiger partial charge on any atom is 0.341 e. The smallest absolute Gasteiger partial charge is 0.341 e. The van der Waals surface area contributed by atoms with Crippen molar-refractivity contribution in [2.45, 2.75) is 19.8 Å². The van der Waals surface area contributed by atoms with Gasteiger partial charge in [0.05, 0.1) is 5.70 Å². The molecule has 0 spiro atoms. The molecule has 0 saturated carbocycles. The molecule has 7 heteroatoms. The van der Waals surface area contributed by atoms with Gasteiger partial charge in [-0.3, -0.25) is 5.21 Å². The molecule has 6 nitrogen and oxygen atoms in total. The molecule has 0 aliphatic carbocycles. The number of nitrogens with one attached hydrogen (secondary N) is 1. The summed E-state index contributed by atoms with van der Waals surface area (Å²) in [5.41, 5.74) is 9.87. The van der Waals surface area contributed by atoms with E-state index in [9.17, 15) is 9.18 Å². The fourth-order valence-electron chi connectivity index (χ4n) is 3.19. The van der Waals surface area contributed by atoms with E-state index in [0.717, 1.165) is 5.56 Å². The van der Waals surface area contributed by atoms with Crippen LogP contribution in [0, 0.1) is 5.92 Å². The van der Waals surface area contributed by atoms with Crippen molar-refractivity contribution >= 4 is 11.8 Å². The number of alkyl halides is 1. The van der Waals surface area contributed by atoms with E-state index in [1.165, 1.54) is 11.0 Å². The molecule has 1 saturated heterocycles. The second-order valence-electron chi connectivity index (χ2n) is 6.66. The van der Waals surface area contributed by atoms with Crippen LogP contribution in [0.1, 0.15) is 25.3 Å². The number of rotatable bonds is 7. The van der Waals surface area contributed by atoms with Gasteiger partial charge in [-0.15, -0.1) is 0 Å². The summed E-state index contributed by atoms with van der Waals surface area (Å²) in [5, 5.41) is 8.77. The lowest BCUT2D eigenvalue weighted by molar-refractivity contribution is 0.113. The third-order valence-electron chi connectivity index (χ3n) is 4.86. The first kappa shape index (κ1) is 22.2. The maximum absolute atomic E-state index is 12.6. The van der Waals surface area contributed by atoms with Crippen molar-refractivity contribution in [1.82, 2.24) is 10.4 Å². The third-order valence-corrected chi connectivity index (χ3v) is 4.86. The number of allylic oxidation sites excluding steroid dienone is 4. The van der Waals surface area contributed by atoms with Crippen LogP contribution >= 0.6 is 0 Å². The minimum absolute atomic E-state index is 0.0414. The van der Waals surface area contributed by atoms with Crippen LogP contribution < -0.4 is 11.2 Å². The number of hydrogen-bond donors (Lipinski definition) is 3. The number of amides is 2. The first-order valence-electron chi connectivity index (χ1n) is 9.51. The van der Waals surface area contributed by atoms with Gasteiger partial charge in [0.1, 0.15) is 12.4 Å². The predicted octanol–water partition coefficient (Wildman–Crippen LogP) is 4.13. The number of carbonyl (C=O) groups is 1. The molecule has 1 aromatic carbocycles. The van der Waals surface area contributed by atoms with Crippen molar-refractivity contribution < 1.29 is 19.1 Å². The molecule has 1 aliphatic rings. The fraction of sp³-hybridized carbons (Fsp3) is 0.318. The summed E-state index contributed by atoms with van der Waals surface area (Å²) in [7, 11) is 0. The Hall–Kier alpha value is -3.06. The van der Waals surface area contributed by atoms with Crippen molar-refractivity contribution in [3.8, 4) is 0 Å². The van der Waals surface area contributed by atoms with E-state index in [1.54, 1.807) is 17.6 Å². The van der Waals surface area contributed by atoms with Crippen molar-refractivity contribution in [2.24, 2.45) is 11.7 Å². The minimum Gasteiger partial charge on any atom is -0.459 e. The van der Waals surface area contributed by atoms with Gasteiger partial charge in [-0.05, 0) is 25.3 Å². The standard InChI is InChI=1S/C22H28FN3O3/c1-3-17(10-7-13-23)20(24)21(19-8-5-4-6-9-19)29-16(2)18-11-14-26(15-12-18)22(27)25-28/h3-10,18,28H,2,11-15,24H2,1H3,(H,25,27)/b10-7-,17-3+,21-20-. The Morgan fingerprint density at radius 1 is 1.38 bits per heavy atom. The number of nitrogens with two attached hydrogens (primary N) is 1. The Morgan fingerprint density at radius 2 is 2.03 bits per heavy atom. The molecule has 0 aromatic heterocycles. The van der Waals surface area contributed by atoms with Crippen LogP contribution in [0.15, 0.2) is 72.2 Å². The zero-order valence-corrected chi connectivity index (χ0v) is 16.6. The van der Waals surface area contributed by atoms with Gasteiger partial charge in [-0.25, -0.2) is 14.7 Å². The molecule has 0 atom stereocenters. The maximum atomic E-state index is 12.6. The predicted molar refractivity (Wildman–Crippen MR) is 111 cm³/mol. The van der Waals surface area contributed by atoms with Gasteiger partial charge in [-0.1, -0.05) is 55.1 Å². The van der Waals surface area contributed by atoms with E-state index in [1.807, 2.05) is 37.3 Å². The monoisotopic (exact) mass is 401 g/mol. The van der Waals surface area contributed by atoms with Crippen LogP contribution in [0.3, 0.4) is 0 Å². The quantitative estimate of drug-likeness (QED) is 0.277. The van der Waals surface area contributed by atoms with Crippen molar-refractivity contribution in [2.75, 3.05) is 19.8 Å². The van der Waals surface area contributed by atoms with Crippen LogP contribution in [0.5, 0.6) is 0 Å². The fourth-order valence-corrected chi connectivity index (χ4v) is 3.19. The molecule has 4 N–H and O–H groups in total. The van der Waals surface area contributed by atoms with E-state index in [-0.39, 0.29) is 5.92 Å². The first-order chi connectivity index (χ1) is 14.0. The summed E-state index contributed by atoms with van der Waals surface area (Å²) in [6.07, 6.45) is 6.12. The summed E-state index contributed by atoms with van der Waals surface area (Å²) in [6, 6.07) is 8.92. The number of ether oxygens (including phenoxy) is 1. The number of halogens is 1. The van der Waals surface area contributed by atoms with Crippen LogP contribution in [-0.2, 0) is 4.74 Å². The largest absolute Gasteiger partial charge is 0.459 e. The minimum atomic E-state index is -0.584. The number of benzene rings is 1. The normalized spacial score (nSPS) is 16.5. The average molecular weight is 401 g/mol. The number of likely N-dealkylation sites (tertiary alicyclic amines) is 1. The zero-order valence-electron chi connectivity index (χ0n) is 16.6. The molecule has 29 heavy (non-hydrogen) atoms. The molecule has 1 fully saturated rings. The van der Waals surface area contributed by atoms with Crippen molar-refractivity contribution in [3.05, 3.63) is 77.7 Å². The van der Waals surface area contributed by atoms with E-state index in [0.29, 0.717) is 48.7 Å². The Bertz CT molecular complexity index is 795. The van der Waals surface area contributed by atoms with Crippen molar-refractivity contribution in [3.63, 3.8) is 0 Å². The van der Waals surface area contributed by atoms with Crippen LogP contribution in [-0.4, -0.2) is 35.9 Å². The molecule has 2 amide bonds. The lowest BCUT2D eigenvalue weighted by Gasteiger charge is -2.32. The molecule has 0 unspecified atom stereocenters. The summed E-state index contributed by atoms with van der Waals surface area (Å²) in [5.74, 6) is 1.06. The van der Waals surface area contributed by atoms with Gasteiger partial charge < -0.3 is 15.4 Å². The number of carbonyl (C=O) groups excluding carboxylic acids is 1. The SMILES string of the molecule is C=C(O/C(=C(N)/C(/C=C\CF)=C/C)c1ccccc1)C1CCN(C(=O)NO)CC1. The van der Waals surface area contributed by atoms with Crippen LogP contribution in [0.2, 0.25) is 0 Å². The molecule has 1 aliphatic heterocycles. The lowest BCUT2D eigenvalue weighted by Crippen LogP contribution is -2.43. The summed E-state index contributed by atoms with van der Waals surface area (Å²) >= 11 is 0. The van der Waals surface area contributed by atoms with E-state index >= 15 is 0 Å². The Balaban J connectivity index is 2.23. The summed E-state index contributed by atoms with van der Waals surface area (Å²) < 4.78 is 18.7. The first-order valence-corrected chi connectivity index (χ1v) is 9.51. The molecule has 1 aromatic rings. The number of piperidine rings is 1. The van der Waals surface area contributed by atoms with Gasteiger partial charge in [0.15, 0.2) is 5.76 Å². The Labute approximate surface area is 170 Å². The van der Waals surface area contributed by atoms with Crippen LogP contribution in [0.25, 0.3) is 5.76 Å². The van der Waals surface area contributed by atoms with E-state index in [4.69, 9.17) is 15.7 Å². The highest BCUT2D eigenvalue weighted by Crippen LogP contribution is 2.31. The van der Waals surface area contributed by atoms with E-state index < -0.39 is 12.7 Å². The summed E-state index contributed by atoms with van der Waals surface area (Å²) in [4.78, 5) is 13.1. The topological polar surface area (TPSA) is 87.8 Å². The highest BCUT2D eigenvalue weighted by Gasteiger charge is 2.26. The number of nitrogens with zero attached hydrogens (tertiary/aromatic N) is 1. The molecular formula is C22H28FN3O3. The van der Waals surface area contributed by atoms with Gasteiger partial charge in [-0.2, -0.15) is 0 Å². The molecule has 156 valence electrons. The molecular weight excluding hydrogens is 373 g/mol. The zero-order chi connectivity index (χ0) is 21.2. The van der Waals surface area contributed by atoms with Crippen molar-refractivity contribution in [1.29, 1.82) is 0 Å². The lowest BCUT2D eigenvalue weighted by atomic mass is 9.95. The number of hydroxylamine groups is 1. The van der Waals surface area contributed by atoms with Gasteiger partial charge in [0, 0.05) is 24.6 Å². The van der Waals surface area contributed by atoms with Gasteiger partial charge >= 0.3 is 6.03 Å². The average Bonchev–Trinajstić information content (AvgIpc) is 2.77. The highest BCUT2D eigenvalue weighted by molar-refractivity contribution is 5.73. The van der Waals surface area contributed by atoms with Crippen LogP contribution in [0.4, 0.5) is 9.18 Å². The molecule has 0 radical (unpaired) electrons. The van der Waals surface area contributed by atoms with Gasteiger partial charge in [0.2, 0.25) is 0 Å².